The third-order valence-electron chi connectivity index (χ3n) is 7.70. The van der Waals surface area contributed by atoms with Crippen LogP contribution in [0.5, 0.6) is 0 Å². The van der Waals surface area contributed by atoms with Crippen LogP contribution in [0.4, 0.5) is 0 Å². The number of nitrogens with one attached hydrogen (secondary N) is 2. The molecule has 2 aliphatic rings. The van der Waals surface area contributed by atoms with Gasteiger partial charge >= 0.3 is 0 Å². The van der Waals surface area contributed by atoms with E-state index in [2.05, 4.69) is 41.8 Å². The Balaban J connectivity index is 1.41. The van der Waals surface area contributed by atoms with E-state index in [-0.39, 0.29) is 42.3 Å². The zero-order valence-corrected chi connectivity index (χ0v) is 21.3. The summed E-state index contributed by atoms with van der Waals surface area (Å²) in [6, 6.07) is 8.61. The summed E-state index contributed by atoms with van der Waals surface area (Å²) < 4.78 is 0. The maximum Gasteiger partial charge on any atom is 0.220 e. The van der Waals surface area contributed by atoms with Gasteiger partial charge in [-0.2, -0.15) is 0 Å². The molecule has 0 spiro atoms. The first kappa shape index (κ1) is 26.0. The molecule has 3 rings (SSSR count). The molecule has 2 saturated carbocycles. The third kappa shape index (κ3) is 8.29. The van der Waals surface area contributed by atoms with Gasteiger partial charge in [0.1, 0.15) is 0 Å². The standard InChI is InChI=1S/C27H42ClN3O2/c1-31(2)27(20-21-9-8-10-22(28)19-21)17-15-24(16-18-27)30-26(33)14-13-25(32)29-23-11-6-4-3-5-7-12-23/h8-10,19,23-24H,3-7,11-18,20H2,1-2H3,(H,29,32)(H,30,33). The van der Waals surface area contributed by atoms with Crippen LogP contribution in [0.3, 0.4) is 0 Å². The van der Waals surface area contributed by atoms with E-state index >= 15 is 0 Å². The molecule has 1 aromatic carbocycles. The van der Waals surface area contributed by atoms with Crippen molar-refractivity contribution in [1.29, 1.82) is 0 Å². The Morgan fingerprint density at radius 1 is 0.909 bits per heavy atom. The molecule has 0 aromatic heterocycles. The minimum Gasteiger partial charge on any atom is -0.353 e. The van der Waals surface area contributed by atoms with Crippen LogP contribution < -0.4 is 10.6 Å². The van der Waals surface area contributed by atoms with E-state index in [1.165, 1.54) is 37.7 Å². The van der Waals surface area contributed by atoms with Crippen LogP contribution in [0.15, 0.2) is 24.3 Å². The second kappa shape index (κ2) is 12.8. The lowest BCUT2D eigenvalue weighted by Gasteiger charge is -2.45. The van der Waals surface area contributed by atoms with Gasteiger partial charge in [-0.25, -0.2) is 0 Å². The van der Waals surface area contributed by atoms with Crippen molar-refractivity contribution >= 4 is 23.4 Å². The van der Waals surface area contributed by atoms with Gasteiger partial charge in [0, 0.05) is 35.5 Å². The summed E-state index contributed by atoms with van der Waals surface area (Å²) in [5.74, 6) is 0.0209. The molecular formula is C27H42ClN3O2. The summed E-state index contributed by atoms with van der Waals surface area (Å²) in [5, 5.41) is 7.13. The molecule has 2 N–H and O–H groups in total. The number of amides is 2. The van der Waals surface area contributed by atoms with Crippen LogP contribution in [-0.2, 0) is 16.0 Å². The second-order valence-corrected chi connectivity index (χ2v) is 10.8. The lowest BCUT2D eigenvalue weighted by molar-refractivity contribution is -0.127. The minimum absolute atomic E-state index is 0.00000985. The highest BCUT2D eigenvalue weighted by Gasteiger charge is 2.37. The van der Waals surface area contributed by atoms with E-state index in [1.807, 2.05) is 12.1 Å². The smallest absolute Gasteiger partial charge is 0.220 e. The van der Waals surface area contributed by atoms with Crippen molar-refractivity contribution in [1.82, 2.24) is 15.5 Å². The Hall–Kier alpha value is -1.59. The molecule has 0 aliphatic heterocycles. The Labute approximate surface area is 205 Å². The van der Waals surface area contributed by atoms with Crippen LogP contribution >= 0.6 is 11.6 Å². The predicted octanol–water partition coefficient (Wildman–Crippen LogP) is 5.25. The van der Waals surface area contributed by atoms with Crippen molar-refractivity contribution in [2.45, 2.75) is 108 Å². The highest BCUT2D eigenvalue weighted by atomic mass is 35.5. The summed E-state index contributed by atoms with van der Waals surface area (Å²) in [5.41, 5.74) is 1.35. The number of likely N-dealkylation sites (N-methyl/N-ethyl adjacent to an activating group) is 1. The maximum absolute atomic E-state index is 12.5. The van der Waals surface area contributed by atoms with Crippen molar-refractivity contribution < 1.29 is 9.59 Å². The highest BCUT2D eigenvalue weighted by molar-refractivity contribution is 6.30. The Kier molecular flexibility index (Phi) is 10.1. The molecule has 5 nitrogen and oxygen atoms in total. The average Bonchev–Trinajstić information content (AvgIpc) is 2.75. The monoisotopic (exact) mass is 475 g/mol. The predicted molar refractivity (Wildman–Crippen MR) is 135 cm³/mol. The first-order chi connectivity index (χ1) is 15.9. The molecule has 0 radical (unpaired) electrons. The SMILES string of the molecule is CN(C)C1(Cc2cccc(Cl)c2)CCC(NC(=O)CCC(=O)NC2CCCCCCC2)CC1. The van der Waals surface area contributed by atoms with Crippen LogP contribution in [0.2, 0.25) is 5.02 Å². The van der Waals surface area contributed by atoms with Crippen LogP contribution in [0, 0.1) is 0 Å². The quantitative estimate of drug-likeness (QED) is 0.539. The van der Waals surface area contributed by atoms with Crippen molar-refractivity contribution in [3.63, 3.8) is 0 Å². The van der Waals surface area contributed by atoms with E-state index in [0.717, 1.165) is 50.0 Å². The molecular weight excluding hydrogens is 434 g/mol. The lowest BCUT2D eigenvalue weighted by atomic mass is 9.75. The van der Waals surface area contributed by atoms with E-state index in [1.54, 1.807) is 0 Å². The zero-order chi connectivity index (χ0) is 23.7. The maximum atomic E-state index is 12.5. The number of halogens is 1. The van der Waals surface area contributed by atoms with Gasteiger partial charge in [0.15, 0.2) is 0 Å². The summed E-state index contributed by atoms with van der Waals surface area (Å²) >= 11 is 6.20. The number of carbonyl (C=O) groups excluding carboxylic acids is 2. The third-order valence-corrected chi connectivity index (χ3v) is 7.94. The molecule has 0 atom stereocenters. The number of carbonyl (C=O) groups is 2. The van der Waals surface area contributed by atoms with Crippen LogP contribution in [-0.4, -0.2) is 48.4 Å². The van der Waals surface area contributed by atoms with Crippen LogP contribution in [0.25, 0.3) is 0 Å². The second-order valence-electron chi connectivity index (χ2n) is 10.4. The molecule has 33 heavy (non-hydrogen) atoms. The normalized spacial score (nSPS) is 24.7. The molecule has 2 amide bonds. The summed E-state index contributed by atoms with van der Waals surface area (Å²) in [4.78, 5) is 27.2. The molecule has 2 aliphatic carbocycles. The molecule has 0 saturated heterocycles. The first-order valence-corrected chi connectivity index (χ1v) is 13.2. The van der Waals surface area contributed by atoms with E-state index in [0.29, 0.717) is 0 Å². The molecule has 0 heterocycles. The van der Waals surface area contributed by atoms with Gasteiger partial charge in [0.2, 0.25) is 11.8 Å². The van der Waals surface area contributed by atoms with E-state index in [4.69, 9.17) is 11.6 Å². The zero-order valence-electron chi connectivity index (χ0n) is 20.5. The minimum atomic E-state index is 0.00000985. The topological polar surface area (TPSA) is 61.4 Å². The van der Waals surface area contributed by atoms with Gasteiger partial charge in [-0.3, -0.25) is 9.59 Å². The lowest BCUT2D eigenvalue weighted by Crippen LogP contribution is -2.52. The molecule has 0 bridgehead atoms. The van der Waals surface area contributed by atoms with Gasteiger partial charge in [-0.15, -0.1) is 0 Å². The van der Waals surface area contributed by atoms with Gasteiger partial charge in [-0.1, -0.05) is 55.8 Å². The van der Waals surface area contributed by atoms with E-state index in [9.17, 15) is 9.59 Å². The van der Waals surface area contributed by atoms with Crippen molar-refractivity contribution in [3.05, 3.63) is 34.9 Å². The van der Waals surface area contributed by atoms with Gasteiger partial charge in [0.25, 0.3) is 0 Å². The average molecular weight is 476 g/mol. The number of rotatable bonds is 8. The number of hydrogen-bond acceptors (Lipinski definition) is 3. The van der Waals surface area contributed by atoms with Gasteiger partial charge in [-0.05, 0) is 76.7 Å². The molecule has 2 fully saturated rings. The molecule has 0 unspecified atom stereocenters. The van der Waals surface area contributed by atoms with Gasteiger partial charge in [0.05, 0.1) is 0 Å². The van der Waals surface area contributed by atoms with Crippen molar-refractivity contribution in [2.75, 3.05) is 14.1 Å². The molecule has 6 heteroatoms. The summed E-state index contributed by atoms with van der Waals surface area (Å²) in [7, 11) is 4.30. The fraction of sp³-hybridized carbons (Fsp3) is 0.704. The fourth-order valence-corrected chi connectivity index (χ4v) is 5.75. The Morgan fingerprint density at radius 3 is 2.00 bits per heavy atom. The van der Waals surface area contributed by atoms with E-state index < -0.39 is 0 Å². The Bertz CT molecular complexity index is 766. The summed E-state index contributed by atoms with van der Waals surface area (Å²) in [6.07, 6.45) is 13.9. The first-order valence-electron chi connectivity index (χ1n) is 12.9. The number of hydrogen-bond donors (Lipinski definition) is 2. The Morgan fingerprint density at radius 2 is 1.45 bits per heavy atom. The molecule has 184 valence electrons. The highest BCUT2D eigenvalue weighted by Crippen LogP contribution is 2.36. The number of nitrogens with zero attached hydrogens (tertiary/aromatic N) is 1. The van der Waals surface area contributed by atoms with Crippen LogP contribution in [0.1, 0.15) is 89.0 Å². The fourth-order valence-electron chi connectivity index (χ4n) is 5.54. The largest absolute Gasteiger partial charge is 0.353 e. The molecule has 1 aromatic rings. The van der Waals surface area contributed by atoms with Gasteiger partial charge < -0.3 is 15.5 Å². The van der Waals surface area contributed by atoms with Crippen molar-refractivity contribution in [3.8, 4) is 0 Å². The van der Waals surface area contributed by atoms with Crippen molar-refractivity contribution in [2.24, 2.45) is 0 Å². The summed E-state index contributed by atoms with van der Waals surface area (Å²) in [6.45, 7) is 0. The number of benzene rings is 1.